The zero-order valence-electron chi connectivity index (χ0n) is 13.6. The third-order valence-corrected chi connectivity index (χ3v) is 4.02. The van der Waals surface area contributed by atoms with Gasteiger partial charge in [0, 0.05) is 19.6 Å². The molecule has 0 radical (unpaired) electrons. The largest absolute Gasteiger partial charge is 0.444 e. The number of hydrogen-bond donors (Lipinski definition) is 0. The quantitative estimate of drug-likeness (QED) is 0.790. The Morgan fingerprint density at radius 3 is 2.42 bits per heavy atom. The summed E-state index contributed by atoms with van der Waals surface area (Å²) in [6, 6.07) is 0. The van der Waals surface area contributed by atoms with Crippen molar-refractivity contribution in [2.45, 2.75) is 46.6 Å². The molecular weight excluding hydrogens is 240 g/mol. The molecule has 1 fully saturated rings. The third kappa shape index (κ3) is 4.37. The zero-order valence-corrected chi connectivity index (χ0v) is 13.6. The van der Waals surface area contributed by atoms with Gasteiger partial charge >= 0.3 is 6.09 Å². The van der Waals surface area contributed by atoms with E-state index in [9.17, 15) is 4.79 Å². The highest BCUT2D eigenvalue weighted by atomic mass is 16.6. The van der Waals surface area contributed by atoms with E-state index in [0.717, 1.165) is 26.1 Å². The van der Waals surface area contributed by atoms with Crippen LogP contribution in [0.3, 0.4) is 0 Å². The van der Waals surface area contributed by atoms with Crippen LogP contribution in [0.5, 0.6) is 0 Å². The SMILES string of the molecule is CC[C@]1(C)CN(C(=O)OC(C)(C)C)C[C@H]1CN(C)C. The summed E-state index contributed by atoms with van der Waals surface area (Å²) < 4.78 is 5.49. The van der Waals surface area contributed by atoms with Crippen molar-refractivity contribution in [2.75, 3.05) is 33.7 Å². The Bertz CT molecular complexity index is 323. The average molecular weight is 270 g/mol. The number of amides is 1. The minimum absolute atomic E-state index is 0.173. The molecule has 0 aromatic heterocycles. The molecule has 4 nitrogen and oxygen atoms in total. The van der Waals surface area contributed by atoms with E-state index in [0.29, 0.717) is 5.92 Å². The van der Waals surface area contributed by atoms with Gasteiger partial charge < -0.3 is 14.5 Å². The molecule has 1 heterocycles. The molecule has 1 rings (SSSR count). The molecule has 0 aromatic carbocycles. The number of hydrogen-bond acceptors (Lipinski definition) is 3. The van der Waals surface area contributed by atoms with Gasteiger partial charge in [-0.3, -0.25) is 0 Å². The molecule has 1 aliphatic rings. The van der Waals surface area contributed by atoms with Crippen molar-refractivity contribution in [3.63, 3.8) is 0 Å². The van der Waals surface area contributed by atoms with Crippen LogP contribution in [0.2, 0.25) is 0 Å². The molecule has 1 amide bonds. The van der Waals surface area contributed by atoms with Crippen molar-refractivity contribution in [3.8, 4) is 0 Å². The number of rotatable bonds is 3. The smallest absolute Gasteiger partial charge is 0.410 e. The maximum atomic E-state index is 12.2. The Balaban J connectivity index is 2.73. The van der Waals surface area contributed by atoms with Crippen LogP contribution in [0.25, 0.3) is 0 Å². The topological polar surface area (TPSA) is 32.8 Å². The van der Waals surface area contributed by atoms with E-state index in [1.807, 2.05) is 25.7 Å². The number of nitrogens with zero attached hydrogens (tertiary/aromatic N) is 2. The molecule has 2 atom stereocenters. The lowest BCUT2D eigenvalue weighted by molar-refractivity contribution is 0.0274. The first-order valence-corrected chi connectivity index (χ1v) is 7.20. The van der Waals surface area contributed by atoms with E-state index in [-0.39, 0.29) is 11.5 Å². The normalized spacial score (nSPS) is 28.0. The first kappa shape index (κ1) is 16.3. The van der Waals surface area contributed by atoms with E-state index < -0.39 is 5.60 Å². The Labute approximate surface area is 118 Å². The second-order valence-electron chi connectivity index (χ2n) is 7.33. The standard InChI is InChI=1S/C15H30N2O2/c1-8-15(5)11-17(10-12(15)9-16(6)7)13(18)19-14(2,3)4/h12H,8-11H2,1-7H3/t12-,15-/m1/s1. The first-order chi connectivity index (χ1) is 8.57. The lowest BCUT2D eigenvalue weighted by Crippen LogP contribution is -2.36. The molecule has 0 aliphatic carbocycles. The van der Waals surface area contributed by atoms with E-state index in [1.165, 1.54) is 0 Å². The maximum absolute atomic E-state index is 12.2. The summed E-state index contributed by atoms with van der Waals surface area (Å²) in [7, 11) is 4.18. The van der Waals surface area contributed by atoms with Gasteiger partial charge in [0.15, 0.2) is 0 Å². The van der Waals surface area contributed by atoms with E-state index >= 15 is 0 Å². The van der Waals surface area contributed by atoms with Gasteiger partial charge in [-0.15, -0.1) is 0 Å². The van der Waals surface area contributed by atoms with Gasteiger partial charge in [0.1, 0.15) is 5.60 Å². The molecular formula is C15H30N2O2. The van der Waals surface area contributed by atoms with Crippen molar-refractivity contribution in [1.29, 1.82) is 0 Å². The van der Waals surface area contributed by atoms with Crippen LogP contribution in [0.4, 0.5) is 4.79 Å². The fraction of sp³-hybridized carbons (Fsp3) is 0.933. The average Bonchev–Trinajstić information content (AvgIpc) is 2.54. The van der Waals surface area contributed by atoms with Gasteiger partial charge in [-0.05, 0) is 52.6 Å². The van der Waals surface area contributed by atoms with E-state index in [4.69, 9.17) is 4.74 Å². The monoisotopic (exact) mass is 270 g/mol. The lowest BCUT2D eigenvalue weighted by atomic mass is 9.77. The molecule has 19 heavy (non-hydrogen) atoms. The van der Waals surface area contributed by atoms with Gasteiger partial charge in [0.05, 0.1) is 0 Å². The fourth-order valence-electron chi connectivity index (χ4n) is 2.70. The van der Waals surface area contributed by atoms with Crippen LogP contribution in [0.1, 0.15) is 41.0 Å². The van der Waals surface area contributed by atoms with Crippen molar-refractivity contribution in [3.05, 3.63) is 0 Å². The molecule has 1 aliphatic heterocycles. The highest BCUT2D eigenvalue weighted by molar-refractivity contribution is 5.68. The van der Waals surface area contributed by atoms with Crippen molar-refractivity contribution < 1.29 is 9.53 Å². The summed E-state index contributed by atoms with van der Waals surface area (Å²) in [5.41, 5.74) is -0.222. The zero-order chi connectivity index (χ0) is 14.8. The van der Waals surface area contributed by atoms with Gasteiger partial charge in [0.2, 0.25) is 0 Å². The van der Waals surface area contributed by atoms with Crippen molar-refractivity contribution in [1.82, 2.24) is 9.80 Å². The molecule has 0 spiro atoms. The number of carbonyl (C=O) groups is 1. The second kappa shape index (κ2) is 5.70. The molecule has 4 heteroatoms. The summed E-state index contributed by atoms with van der Waals surface area (Å²) >= 11 is 0. The molecule has 1 saturated heterocycles. The summed E-state index contributed by atoms with van der Waals surface area (Å²) in [5.74, 6) is 0.514. The number of carbonyl (C=O) groups excluding carboxylic acids is 1. The highest BCUT2D eigenvalue weighted by Gasteiger charge is 2.44. The van der Waals surface area contributed by atoms with Gasteiger partial charge in [-0.2, -0.15) is 0 Å². The van der Waals surface area contributed by atoms with Crippen LogP contribution in [-0.2, 0) is 4.74 Å². The third-order valence-electron chi connectivity index (χ3n) is 4.02. The van der Waals surface area contributed by atoms with Crippen LogP contribution in [-0.4, -0.2) is 55.2 Å². The van der Waals surface area contributed by atoms with Crippen LogP contribution in [0, 0.1) is 11.3 Å². The minimum Gasteiger partial charge on any atom is -0.444 e. The summed E-state index contributed by atoms with van der Waals surface area (Å²) in [6.07, 6.45) is 0.915. The molecule has 0 saturated carbocycles. The molecule has 0 N–H and O–H groups in total. The van der Waals surface area contributed by atoms with Crippen molar-refractivity contribution >= 4 is 6.09 Å². The van der Waals surface area contributed by atoms with Crippen LogP contribution >= 0.6 is 0 Å². The van der Waals surface area contributed by atoms with Gasteiger partial charge in [-0.25, -0.2) is 4.79 Å². The van der Waals surface area contributed by atoms with Crippen molar-refractivity contribution in [2.24, 2.45) is 11.3 Å². The Morgan fingerprint density at radius 2 is 2.00 bits per heavy atom. The molecule has 0 aromatic rings. The fourth-order valence-corrected chi connectivity index (χ4v) is 2.70. The van der Waals surface area contributed by atoms with Gasteiger partial charge in [0.25, 0.3) is 0 Å². The Hall–Kier alpha value is -0.770. The van der Waals surface area contributed by atoms with Gasteiger partial charge in [-0.1, -0.05) is 13.8 Å². The molecule has 0 unspecified atom stereocenters. The summed E-state index contributed by atoms with van der Waals surface area (Å²) in [4.78, 5) is 16.3. The minimum atomic E-state index is -0.417. The second-order valence-corrected chi connectivity index (χ2v) is 7.33. The molecule has 112 valence electrons. The first-order valence-electron chi connectivity index (χ1n) is 7.20. The van der Waals surface area contributed by atoms with Crippen LogP contribution < -0.4 is 0 Å². The predicted molar refractivity (Wildman–Crippen MR) is 78.2 cm³/mol. The highest BCUT2D eigenvalue weighted by Crippen LogP contribution is 2.39. The van der Waals surface area contributed by atoms with E-state index in [2.05, 4.69) is 32.8 Å². The Kier molecular flexibility index (Phi) is 4.88. The summed E-state index contributed by atoms with van der Waals surface area (Å²) in [5, 5.41) is 0. The lowest BCUT2D eigenvalue weighted by Gasteiger charge is -2.30. The maximum Gasteiger partial charge on any atom is 0.410 e. The Morgan fingerprint density at radius 1 is 1.42 bits per heavy atom. The molecule has 0 bridgehead atoms. The number of likely N-dealkylation sites (tertiary alicyclic amines) is 1. The van der Waals surface area contributed by atoms with Crippen LogP contribution in [0.15, 0.2) is 0 Å². The number of ether oxygens (including phenoxy) is 1. The predicted octanol–water partition coefficient (Wildman–Crippen LogP) is 2.83. The van der Waals surface area contributed by atoms with E-state index in [1.54, 1.807) is 0 Å². The summed E-state index contributed by atoms with van der Waals surface area (Å²) in [6.45, 7) is 12.9.